The maximum absolute atomic E-state index is 11.2. The van der Waals surface area contributed by atoms with E-state index in [1.54, 1.807) is 0 Å². The fourth-order valence-electron chi connectivity index (χ4n) is 1.04. The van der Waals surface area contributed by atoms with Gasteiger partial charge in [0.05, 0.1) is 5.56 Å². The molecule has 0 spiro atoms. The van der Waals surface area contributed by atoms with E-state index in [1.807, 2.05) is 0 Å². The van der Waals surface area contributed by atoms with Crippen LogP contribution < -0.4 is 11.1 Å². The molecule has 90 valence electrons. The van der Waals surface area contributed by atoms with E-state index in [2.05, 4.69) is 10.3 Å². The van der Waals surface area contributed by atoms with Crippen LogP contribution in [0.3, 0.4) is 0 Å². The van der Waals surface area contributed by atoms with Gasteiger partial charge in [-0.05, 0) is 12.1 Å². The number of hydrogen-bond donors (Lipinski definition) is 3. The molecule has 0 fully saturated rings. The number of hydrogen-bond acceptors (Lipinski definition) is 4. The molecule has 1 aromatic heterocycles. The van der Waals surface area contributed by atoms with E-state index < -0.39 is 24.2 Å². The van der Waals surface area contributed by atoms with Crippen LogP contribution >= 0.6 is 11.6 Å². The van der Waals surface area contributed by atoms with Crippen molar-refractivity contribution in [1.82, 2.24) is 4.98 Å². The number of pyridine rings is 1. The zero-order valence-electron chi connectivity index (χ0n) is 8.44. The van der Waals surface area contributed by atoms with Crippen LogP contribution in [0, 0.1) is 0 Å². The second-order valence-corrected chi connectivity index (χ2v) is 3.40. The number of aromatic nitrogens is 1. The minimum absolute atomic E-state index is 0.0422. The van der Waals surface area contributed by atoms with Crippen molar-refractivity contribution < 1.29 is 19.5 Å². The van der Waals surface area contributed by atoms with E-state index in [-0.39, 0.29) is 16.5 Å². The van der Waals surface area contributed by atoms with Crippen LogP contribution in [0.5, 0.6) is 0 Å². The van der Waals surface area contributed by atoms with Crippen LogP contribution in [-0.2, 0) is 9.59 Å². The van der Waals surface area contributed by atoms with E-state index in [1.165, 1.54) is 12.1 Å². The molecule has 1 rings (SSSR count). The Morgan fingerprint density at radius 3 is 2.59 bits per heavy atom. The number of carboxylic acid groups (broad SMARTS) is 1. The summed E-state index contributed by atoms with van der Waals surface area (Å²) >= 11 is 5.58. The zero-order chi connectivity index (χ0) is 13.0. The Balaban J connectivity index is 2.96. The van der Waals surface area contributed by atoms with E-state index in [0.29, 0.717) is 0 Å². The second kappa shape index (κ2) is 5.26. The number of rotatable bonds is 4. The highest BCUT2D eigenvalue weighted by Crippen LogP contribution is 2.16. The summed E-state index contributed by atoms with van der Waals surface area (Å²) in [6.45, 7) is 0. The van der Waals surface area contributed by atoms with Gasteiger partial charge >= 0.3 is 5.97 Å². The maximum atomic E-state index is 11.2. The third-order valence-electron chi connectivity index (χ3n) is 1.70. The highest BCUT2D eigenvalue weighted by atomic mass is 35.5. The van der Waals surface area contributed by atoms with Crippen molar-refractivity contribution in [3.63, 3.8) is 0 Å². The number of carbonyl (C=O) groups excluding carboxylic acids is 2. The van der Waals surface area contributed by atoms with Gasteiger partial charge in [0.1, 0.15) is 17.4 Å². The summed E-state index contributed by atoms with van der Waals surface area (Å²) in [5.74, 6) is -3.09. The van der Waals surface area contributed by atoms with Crippen LogP contribution in [0.25, 0.3) is 0 Å². The van der Waals surface area contributed by atoms with Crippen molar-refractivity contribution in [3.05, 3.63) is 22.8 Å². The lowest BCUT2D eigenvalue weighted by molar-refractivity contribution is -0.139. The Morgan fingerprint density at radius 2 is 2.06 bits per heavy atom. The fraction of sp³-hybridized carbons (Fsp3) is 0.111. The van der Waals surface area contributed by atoms with Gasteiger partial charge in [0.2, 0.25) is 5.91 Å². The molecule has 0 bridgehead atoms. The number of amides is 2. The molecule has 0 aliphatic heterocycles. The molecule has 0 radical (unpaired) electrons. The lowest BCUT2D eigenvalue weighted by Gasteiger charge is -2.06. The fourth-order valence-corrected chi connectivity index (χ4v) is 1.19. The van der Waals surface area contributed by atoms with Crippen molar-refractivity contribution in [2.45, 2.75) is 6.42 Å². The van der Waals surface area contributed by atoms with Crippen molar-refractivity contribution in [2.24, 2.45) is 5.73 Å². The van der Waals surface area contributed by atoms with E-state index >= 15 is 0 Å². The van der Waals surface area contributed by atoms with Gasteiger partial charge in [-0.25, -0.2) is 4.98 Å². The number of nitrogens with two attached hydrogens (primary N) is 1. The first-order chi connectivity index (χ1) is 7.90. The number of nitrogens with zero attached hydrogens (tertiary/aromatic N) is 1. The molecule has 0 saturated carbocycles. The molecule has 7 nitrogen and oxygen atoms in total. The molecule has 0 aliphatic rings. The smallest absolute Gasteiger partial charge is 0.312 e. The maximum Gasteiger partial charge on any atom is 0.312 e. The lowest BCUT2D eigenvalue weighted by Crippen LogP contribution is -2.21. The molecule has 4 N–H and O–H groups in total. The Hall–Kier alpha value is -2.15. The molecule has 0 atom stereocenters. The number of primary amides is 1. The molecule has 2 amide bonds. The highest BCUT2D eigenvalue weighted by molar-refractivity contribution is 6.29. The number of halogens is 1. The third-order valence-corrected chi connectivity index (χ3v) is 1.91. The number of carbonyl (C=O) groups is 3. The predicted octanol–water partition coefficient (Wildman–Crippen LogP) is 0.247. The van der Waals surface area contributed by atoms with Crippen molar-refractivity contribution in [1.29, 1.82) is 0 Å². The normalized spacial score (nSPS) is 9.71. The Morgan fingerprint density at radius 1 is 1.41 bits per heavy atom. The second-order valence-electron chi connectivity index (χ2n) is 3.01. The van der Waals surface area contributed by atoms with Crippen molar-refractivity contribution in [3.8, 4) is 0 Å². The highest BCUT2D eigenvalue weighted by Gasteiger charge is 2.14. The first-order valence-corrected chi connectivity index (χ1v) is 4.76. The average Bonchev–Trinajstić information content (AvgIpc) is 2.15. The quantitative estimate of drug-likeness (QED) is 0.527. The van der Waals surface area contributed by atoms with Crippen LogP contribution in [0.1, 0.15) is 16.8 Å². The molecule has 0 aliphatic carbocycles. The minimum Gasteiger partial charge on any atom is -0.481 e. The van der Waals surface area contributed by atoms with Gasteiger partial charge in [-0.2, -0.15) is 0 Å². The summed E-state index contributed by atoms with van der Waals surface area (Å²) < 4.78 is 0. The summed E-state index contributed by atoms with van der Waals surface area (Å²) in [4.78, 5) is 36.2. The van der Waals surface area contributed by atoms with E-state index in [4.69, 9.17) is 22.4 Å². The summed E-state index contributed by atoms with van der Waals surface area (Å²) in [6, 6.07) is 2.61. The molecular weight excluding hydrogens is 250 g/mol. The zero-order valence-corrected chi connectivity index (χ0v) is 9.19. The molecular formula is C9H8ClN3O4. The molecule has 0 unspecified atom stereocenters. The van der Waals surface area contributed by atoms with Gasteiger partial charge in [-0.3, -0.25) is 14.4 Å². The number of aliphatic carboxylic acids is 1. The number of carboxylic acids is 1. The van der Waals surface area contributed by atoms with Gasteiger partial charge in [0, 0.05) is 0 Å². The van der Waals surface area contributed by atoms with Crippen LogP contribution in [-0.4, -0.2) is 27.9 Å². The SMILES string of the molecule is NC(=O)c1ccc(Cl)nc1NC(=O)CC(=O)O. The van der Waals surface area contributed by atoms with Gasteiger partial charge in [-0.1, -0.05) is 11.6 Å². The topological polar surface area (TPSA) is 122 Å². The lowest BCUT2D eigenvalue weighted by atomic mass is 10.2. The van der Waals surface area contributed by atoms with Crippen LogP contribution in [0.2, 0.25) is 5.15 Å². The summed E-state index contributed by atoms with van der Waals surface area (Å²) in [7, 11) is 0. The molecule has 1 heterocycles. The van der Waals surface area contributed by atoms with Gasteiger partial charge in [0.25, 0.3) is 5.91 Å². The standard InChI is InChI=1S/C9H8ClN3O4/c10-5-2-1-4(8(11)17)9(12-5)13-6(14)3-7(15)16/h1-2H,3H2,(H2,11,17)(H,15,16)(H,12,13,14). The molecule has 0 aromatic carbocycles. The average molecular weight is 258 g/mol. The summed E-state index contributed by atoms with van der Waals surface area (Å²) in [5.41, 5.74) is 5.00. The number of anilines is 1. The monoisotopic (exact) mass is 257 g/mol. The van der Waals surface area contributed by atoms with Gasteiger partial charge < -0.3 is 16.2 Å². The van der Waals surface area contributed by atoms with Gasteiger partial charge in [-0.15, -0.1) is 0 Å². The van der Waals surface area contributed by atoms with E-state index in [9.17, 15) is 14.4 Å². The molecule has 0 saturated heterocycles. The van der Waals surface area contributed by atoms with Crippen LogP contribution in [0.4, 0.5) is 5.82 Å². The Bertz CT molecular complexity index is 489. The third kappa shape index (κ3) is 3.72. The van der Waals surface area contributed by atoms with Crippen LogP contribution in [0.15, 0.2) is 12.1 Å². The Labute approximate surface area is 101 Å². The first-order valence-electron chi connectivity index (χ1n) is 4.38. The van der Waals surface area contributed by atoms with E-state index in [0.717, 1.165) is 0 Å². The predicted molar refractivity (Wildman–Crippen MR) is 58.6 cm³/mol. The molecule has 8 heteroatoms. The summed E-state index contributed by atoms with van der Waals surface area (Å²) in [5, 5.41) is 10.6. The number of nitrogens with one attached hydrogen (secondary N) is 1. The van der Waals surface area contributed by atoms with Crippen molar-refractivity contribution >= 4 is 35.2 Å². The van der Waals surface area contributed by atoms with Gasteiger partial charge in [0.15, 0.2) is 0 Å². The first kappa shape index (κ1) is 12.9. The largest absolute Gasteiger partial charge is 0.481 e. The molecule has 1 aromatic rings. The minimum atomic E-state index is -1.30. The Kier molecular flexibility index (Phi) is 4.00. The molecule has 17 heavy (non-hydrogen) atoms. The summed E-state index contributed by atoms with van der Waals surface area (Å²) in [6.07, 6.45) is -0.744. The van der Waals surface area contributed by atoms with Crippen molar-refractivity contribution in [2.75, 3.05) is 5.32 Å².